The lowest BCUT2D eigenvalue weighted by atomic mass is 10.0. The van der Waals surface area contributed by atoms with E-state index in [4.69, 9.17) is 28.4 Å². The number of ether oxygens (including phenoxy) is 6. The number of amides is 1. The van der Waals surface area contributed by atoms with Gasteiger partial charge in [0.25, 0.3) is 5.91 Å². The highest BCUT2D eigenvalue weighted by Crippen LogP contribution is 2.20. The molecule has 0 fully saturated rings. The predicted molar refractivity (Wildman–Crippen MR) is 154 cm³/mol. The van der Waals surface area contributed by atoms with Gasteiger partial charge in [0.15, 0.2) is 31.0 Å². The van der Waals surface area contributed by atoms with Crippen LogP contribution in [0.15, 0.2) is 24.3 Å². The van der Waals surface area contributed by atoms with E-state index in [1.54, 1.807) is 24.3 Å². The molecule has 1 amide bonds. The standard InChI is InChI=1S/C29H39NO12Si/c1-18(31)37-16-26(40-20(3)33)29(42-22(5)35)28(41-21(4)34)25(39-19(2)32)15-30-27(36)17-38-24-11-9-23(10-12-24)13-14-43(6,7)8/h9-12,25-26,28-29H,15-17H2,1-8H3,(H,30,36)/t25-,26?,28+,29+/m1/s1. The normalized spacial score (nSPS) is 13.4. The van der Waals surface area contributed by atoms with Gasteiger partial charge < -0.3 is 33.7 Å². The zero-order chi connectivity index (χ0) is 32.7. The van der Waals surface area contributed by atoms with Crippen LogP contribution in [0, 0.1) is 11.5 Å². The van der Waals surface area contributed by atoms with E-state index in [1.165, 1.54) is 0 Å². The molecule has 236 valence electrons. The van der Waals surface area contributed by atoms with Gasteiger partial charge in [0.2, 0.25) is 0 Å². The quantitative estimate of drug-likeness (QED) is 0.138. The Bertz CT molecular complexity index is 1210. The first-order valence-electron chi connectivity index (χ1n) is 13.3. The van der Waals surface area contributed by atoms with Crippen LogP contribution in [-0.4, -0.2) is 88.0 Å². The Kier molecular flexibility index (Phi) is 15.0. The summed E-state index contributed by atoms with van der Waals surface area (Å²) in [6.07, 6.45) is -6.11. The zero-order valence-corrected chi connectivity index (χ0v) is 26.6. The minimum atomic E-state index is -1.61. The van der Waals surface area contributed by atoms with Crippen LogP contribution in [0.5, 0.6) is 5.75 Å². The van der Waals surface area contributed by atoms with Crippen molar-refractivity contribution in [3.8, 4) is 17.2 Å². The first kappa shape index (κ1) is 36.6. The smallest absolute Gasteiger partial charge is 0.303 e. The van der Waals surface area contributed by atoms with Gasteiger partial charge in [-0.15, -0.1) is 5.54 Å². The molecule has 0 spiro atoms. The lowest BCUT2D eigenvalue weighted by molar-refractivity contribution is -0.202. The van der Waals surface area contributed by atoms with Crippen LogP contribution in [0.3, 0.4) is 0 Å². The molecule has 1 aromatic carbocycles. The second-order valence-electron chi connectivity index (χ2n) is 10.4. The van der Waals surface area contributed by atoms with Crippen molar-refractivity contribution in [1.82, 2.24) is 5.32 Å². The second-order valence-corrected chi connectivity index (χ2v) is 15.1. The molecule has 1 N–H and O–H groups in total. The average Bonchev–Trinajstić information content (AvgIpc) is 2.88. The van der Waals surface area contributed by atoms with Crippen molar-refractivity contribution >= 4 is 43.8 Å². The molecule has 4 atom stereocenters. The summed E-state index contributed by atoms with van der Waals surface area (Å²) in [7, 11) is -1.54. The van der Waals surface area contributed by atoms with Crippen LogP contribution in [0.25, 0.3) is 0 Å². The molecule has 0 aromatic heterocycles. The van der Waals surface area contributed by atoms with Crippen molar-refractivity contribution < 1.29 is 57.2 Å². The van der Waals surface area contributed by atoms with Gasteiger partial charge in [-0.2, -0.15) is 0 Å². The molecule has 1 aromatic rings. The summed E-state index contributed by atoms with van der Waals surface area (Å²) in [6.45, 7) is 10.3. The lowest BCUT2D eigenvalue weighted by Crippen LogP contribution is -2.55. The zero-order valence-electron chi connectivity index (χ0n) is 25.6. The molecule has 0 aliphatic rings. The van der Waals surface area contributed by atoms with Gasteiger partial charge in [-0.05, 0) is 24.3 Å². The summed E-state index contributed by atoms with van der Waals surface area (Å²) in [4.78, 5) is 71.9. The summed E-state index contributed by atoms with van der Waals surface area (Å²) in [5, 5.41) is 2.51. The van der Waals surface area contributed by atoms with Crippen LogP contribution >= 0.6 is 0 Å². The van der Waals surface area contributed by atoms with Gasteiger partial charge >= 0.3 is 29.8 Å². The number of rotatable bonds is 14. The first-order chi connectivity index (χ1) is 20.0. The second kappa shape index (κ2) is 17.5. The maximum Gasteiger partial charge on any atom is 0.303 e. The number of benzene rings is 1. The average molecular weight is 622 g/mol. The predicted octanol–water partition coefficient (Wildman–Crippen LogP) is 1.70. The third-order valence-electron chi connectivity index (χ3n) is 5.05. The summed E-state index contributed by atoms with van der Waals surface area (Å²) < 4.78 is 31.6. The van der Waals surface area contributed by atoms with E-state index in [1.807, 2.05) is 0 Å². The fourth-order valence-electron chi connectivity index (χ4n) is 3.45. The lowest BCUT2D eigenvalue weighted by Gasteiger charge is -2.35. The number of esters is 5. The van der Waals surface area contributed by atoms with Crippen LogP contribution in [0.4, 0.5) is 0 Å². The maximum absolute atomic E-state index is 12.6. The Morgan fingerprint density at radius 3 is 1.67 bits per heavy atom. The molecule has 43 heavy (non-hydrogen) atoms. The van der Waals surface area contributed by atoms with Crippen LogP contribution in [-0.2, 0) is 52.5 Å². The van der Waals surface area contributed by atoms with Crippen molar-refractivity contribution in [2.75, 3.05) is 19.8 Å². The highest BCUT2D eigenvalue weighted by atomic mass is 28.3. The minimum Gasteiger partial charge on any atom is -0.484 e. The van der Waals surface area contributed by atoms with Crippen molar-refractivity contribution in [3.63, 3.8) is 0 Å². The monoisotopic (exact) mass is 621 g/mol. The van der Waals surface area contributed by atoms with Crippen LogP contribution in [0.2, 0.25) is 19.6 Å². The van der Waals surface area contributed by atoms with E-state index in [0.717, 1.165) is 40.2 Å². The van der Waals surface area contributed by atoms with Gasteiger partial charge in [0.05, 0.1) is 6.54 Å². The number of hydrogen-bond donors (Lipinski definition) is 1. The number of nitrogens with one attached hydrogen (secondary N) is 1. The van der Waals surface area contributed by atoms with Gasteiger partial charge in [0, 0.05) is 40.2 Å². The Morgan fingerprint density at radius 2 is 1.21 bits per heavy atom. The molecule has 0 saturated heterocycles. The van der Waals surface area contributed by atoms with E-state index in [-0.39, 0.29) is 0 Å². The van der Waals surface area contributed by atoms with Crippen LogP contribution in [0.1, 0.15) is 40.2 Å². The van der Waals surface area contributed by atoms with Crippen molar-refractivity contribution in [2.24, 2.45) is 0 Å². The van der Waals surface area contributed by atoms with Gasteiger partial charge in [-0.25, -0.2) is 0 Å². The molecule has 14 heteroatoms. The Labute approximate surface area is 251 Å². The molecule has 1 unspecified atom stereocenters. The van der Waals surface area contributed by atoms with Crippen LogP contribution < -0.4 is 10.1 Å². The Balaban J connectivity index is 3.14. The van der Waals surface area contributed by atoms with E-state index >= 15 is 0 Å². The van der Waals surface area contributed by atoms with E-state index in [2.05, 4.69) is 36.4 Å². The summed E-state index contributed by atoms with van der Waals surface area (Å²) in [5.41, 5.74) is 4.07. The number of carbonyl (C=O) groups excluding carboxylic acids is 6. The third kappa shape index (κ3) is 16.0. The molecule has 0 heterocycles. The first-order valence-corrected chi connectivity index (χ1v) is 16.8. The maximum atomic E-state index is 12.6. The summed E-state index contributed by atoms with van der Waals surface area (Å²) >= 11 is 0. The van der Waals surface area contributed by atoms with Gasteiger partial charge in [0.1, 0.15) is 20.4 Å². The van der Waals surface area contributed by atoms with Crippen molar-refractivity contribution in [2.45, 2.75) is 78.7 Å². The number of hydrogen-bond acceptors (Lipinski definition) is 12. The fraction of sp³-hybridized carbons (Fsp3) is 0.517. The SMILES string of the molecule is CC(=O)OCC(OC(C)=O)[C@H](OC(C)=O)[C@@H](OC(C)=O)[C@@H](CNC(=O)COc1ccc(C#C[Si](C)(C)C)cc1)OC(C)=O. The molecule has 0 aliphatic carbocycles. The van der Waals surface area contributed by atoms with E-state index in [9.17, 15) is 28.8 Å². The fourth-order valence-corrected chi connectivity index (χ4v) is 3.97. The minimum absolute atomic E-state index is 0.410. The largest absolute Gasteiger partial charge is 0.484 e. The highest BCUT2D eigenvalue weighted by molar-refractivity contribution is 6.83. The molecule has 0 aliphatic heterocycles. The summed E-state index contributed by atoms with van der Waals surface area (Å²) in [6, 6.07) is 6.88. The van der Waals surface area contributed by atoms with Crippen molar-refractivity contribution in [3.05, 3.63) is 29.8 Å². The van der Waals surface area contributed by atoms with Crippen molar-refractivity contribution in [1.29, 1.82) is 0 Å². The van der Waals surface area contributed by atoms with Gasteiger partial charge in [-0.3, -0.25) is 28.8 Å². The topological polar surface area (TPSA) is 170 Å². The van der Waals surface area contributed by atoms with Gasteiger partial charge in [-0.1, -0.05) is 25.6 Å². The molecule has 13 nitrogen and oxygen atoms in total. The number of carbonyl (C=O) groups is 6. The third-order valence-corrected chi connectivity index (χ3v) is 5.93. The molecular weight excluding hydrogens is 582 g/mol. The Morgan fingerprint density at radius 1 is 0.721 bits per heavy atom. The molecular formula is C29H39NO12Si. The molecule has 0 saturated carbocycles. The van der Waals surface area contributed by atoms with E-state index < -0.39 is 88.0 Å². The molecule has 1 rings (SSSR count). The molecule has 0 bridgehead atoms. The molecule has 0 radical (unpaired) electrons. The Hall–Kier alpha value is -4.38. The van der Waals surface area contributed by atoms with E-state index in [0.29, 0.717) is 5.75 Å². The highest BCUT2D eigenvalue weighted by Gasteiger charge is 2.44. The summed E-state index contributed by atoms with van der Waals surface area (Å²) in [5.74, 6) is -1.24.